The van der Waals surface area contributed by atoms with Crippen LogP contribution in [0.4, 0.5) is 9.18 Å². The third-order valence-corrected chi connectivity index (χ3v) is 5.34. The van der Waals surface area contributed by atoms with Crippen molar-refractivity contribution in [1.82, 2.24) is 25.1 Å². The van der Waals surface area contributed by atoms with E-state index in [1.54, 1.807) is 45.2 Å². The van der Waals surface area contributed by atoms with Crippen molar-refractivity contribution in [1.29, 1.82) is 0 Å². The summed E-state index contributed by atoms with van der Waals surface area (Å²) in [7, 11) is 1.81. The van der Waals surface area contributed by atoms with Crippen LogP contribution in [0.1, 0.15) is 31.9 Å². The summed E-state index contributed by atoms with van der Waals surface area (Å²) in [5.74, 6) is -0.369. The molecule has 9 heteroatoms. The molecule has 4 rings (SSSR count). The standard InChI is InChI=1S/C25H25ClFN5O2/c1-14-8-15(11-28-5)9-18(27)22(14)19-10-17-20(13-29-19)32(24(33)34-25(2,3)4)31-23(17)16-6-7-21(26)30-12-16/h6-10,12-13,28H,11H2,1-5H3. The first-order chi connectivity index (χ1) is 16.1. The molecule has 0 aliphatic carbocycles. The maximum atomic E-state index is 15.1. The number of rotatable bonds is 4. The molecule has 0 atom stereocenters. The molecule has 0 bridgehead atoms. The number of carbonyl (C=O) groups is 1. The van der Waals surface area contributed by atoms with Gasteiger partial charge in [0.1, 0.15) is 22.3 Å². The molecular formula is C25H25ClFN5O2. The highest BCUT2D eigenvalue weighted by Gasteiger charge is 2.24. The molecule has 0 unspecified atom stereocenters. The van der Waals surface area contributed by atoms with Crippen LogP contribution in [0.15, 0.2) is 42.7 Å². The van der Waals surface area contributed by atoms with Crippen molar-refractivity contribution in [2.45, 2.75) is 39.8 Å². The number of ether oxygens (including phenoxy) is 1. The zero-order valence-electron chi connectivity index (χ0n) is 19.6. The SMILES string of the molecule is CNCc1cc(C)c(-c2cc3c(-c4ccc(Cl)nc4)nn(C(=O)OC(C)(C)C)c3cn2)c(F)c1. The lowest BCUT2D eigenvalue weighted by Crippen LogP contribution is -2.27. The number of pyridine rings is 2. The summed E-state index contributed by atoms with van der Waals surface area (Å²) < 4.78 is 21.8. The molecule has 34 heavy (non-hydrogen) atoms. The van der Waals surface area contributed by atoms with E-state index >= 15 is 4.39 Å². The van der Waals surface area contributed by atoms with Crippen molar-refractivity contribution in [2.75, 3.05) is 7.05 Å². The highest BCUT2D eigenvalue weighted by Crippen LogP contribution is 2.33. The van der Waals surface area contributed by atoms with Crippen LogP contribution in [0.5, 0.6) is 0 Å². The minimum absolute atomic E-state index is 0.335. The van der Waals surface area contributed by atoms with Crippen LogP contribution in [0.3, 0.4) is 0 Å². The second-order valence-electron chi connectivity index (χ2n) is 9.00. The summed E-state index contributed by atoms with van der Waals surface area (Å²) in [6.07, 6.45) is 2.44. The summed E-state index contributed by atoms with van der Waals surface area (Å²) >= 11 is 5.95. The van der Waals surface area contributed by atoms with Gasteiger partial charge < -0.3 is 10.1 Å². The van der Waals surface area contributed by atoms with Crippen molar-refractivity contribution >= 4 is 28.6 Å². The first-order valence-corrected chi connectivity index (χ1v) is 11.1. The lowest BCUT2D eigenvalue weighted by molar-refractivity contribution is 0.0523. The summed E-state index contributed by atoms with van der Waals surface area (Å²) in [5, 5.41) is 8.48. The largest absolute Gasteiger partial charge is 0.442 e. The van der Waals surface area contributed by atoms with E-state index in [1.165, 1.54) is 16.9 Å². The number of hydrogen-bond acceptors (Lipinski definition) is 6. The highest BCUT2D eigenvalue weighted by atomic mass is 35.5. The number of nitrogens with one attached hydrogen (secondary N) is 1. The number of aryl methyl sites for hydroxylation is 1. The second-order valence-corrected chi connectivity index (χ2v) is 9.38. The van der Waals surface area contributed by atoms with Gasteiger partial charge in [-0.1, -0.05) is 17.7 Å². The van der Waals surface area contributed by atoms with Gasteiger partial charge in [-0.3, -0.25) is 4.98 Å². The summed E-state index contributed by atoms with van der Waals surface area (Å²) in [5.41, 5.74) is 3.29. The summed E-state index contributed by atoms with van der Waals surface area (Å²) in [6, 6.07) is 8.56. The average molecular weight is 482 g/mol. The molecule has 0 aliphatic rings. The van der Waals surface area contributed by atoms with Crippen LogP contribution >= 0.6 is 11.6 Å². The molecule has 1 N–H and O–H groups in total. The lowest BCUT2D eigenvalue weighted by Gasteiger charge is -2.19. The van der Waals surface area contributed by atoms with Gasteiger partial charge in [-0.25, -0.2) is 14.2 Å². The third-order valence-electron chi connectivity index (χ3n) is 5.12. The topological polar surface area (TPSA) is 81.9 Å². The van der Waals surface area contributed by atoms with Crippen molar-refractivity contribution in [3.63, 3.8) is 0 Å². The third kappa shape index (κ3) is 4.78. The zero-order chi connectivity index (χ0) is 24.6. The molecule has 0 radical (unpaired) electrons. The quantitative estimate of drug-likeness (QED) is 0.373. The van der Waals surface area contributed by atoms with Gasteiger partial charge >= 0.3 is 6.09 Å². The van der Waals surface area contributed by atoms with Gasteiger partial charge in [0, 0.05) is 29.3 Å². The molecule has 0 fully saturated rings. The predicted molar refractivity (Wildman–Crippen MR) is 130 cm³/mol. The van der Waals surface area contributed by atoms with Gasteiger partial charge in [-0.15, -0.1) is 0 Å². The molecule has 3 heterocycles. The van der Waals surface area contributed by atoms with E-state index in [1.807, 2.05) is 20.0 Å². The normalized spacial score (nSPS) is 11.7. The van der Waals surface area contributed by atoms with E-state index in [-0.39, 0.29) is 5.82 Å². The predicted octanol–water partition coefficient (Wildman–Crippen LogP) is 5.76. The number of fused-ring (bicyclic) bond motifs is 1. The van der Waals surface area contributed by atoms with Crippen molar-refractivity contribution < 1.29 is 13.9 Å². The molecule has 0 saturated heterocycles. The van der Waals surface area contributed by atoms with Gasteiger partial charge in [-0.05, 0) is 70.1 Å². The van der Waals surface area contributed by atoms with Gasteiger partial charge in [0.2, 0.25) is 0 Å². The summed E-state index contributed by atoms with van der Waals surface area (Å²) in [6.45, 7) is 7.74. The van der Waals surface area contributed by atoms with Crippen molar-refractivity contribution in [2.24, 2.45) is 0 Å². The van der Waals surface area contributed by atoms with Gasteiger partial charge in [0.15, 0.2) is 0 Å². The van der Waals surface area contributed by atoms with E-state index < -0.39 is 11.7 Å². The van der Waals surface area contributed by atoms with Crippen LogP contribution < -0.4 is 5.32 Å². The number of halogens is 2. The summed E-state index contributed by atoms with van der Waals surface area (Å²) in [4.78, 5) is 21.5. The monoisotopic (exact) mass is 481 g/mol. The van der Waals surface area contributed by atoms with Gasteiger partial charge in [0.25, 0.3) is 0 Å². The minimum Gasteiger partial charge on any atom is -0.442 e. The molecule has 7 nitrogen and oxygen atoms in total. The van der Waals surface area contributed by atoms with Gasteiger partial charge in [0.05, 0.1) is 17.4 Å². The smallest absolute Gasteiger partial charge is 0.435 e. The Labute approximate surface area is 201 Å². The van der Waals surface area contributed by atoms with Crippen LogP contribution in [-0.2, 0) is 11.3 Å². The number of nitrogens with zero attached hydrogens (tertiary/aromatic N) is 4. The lowest BCUT2D eigenvalue weighted by atomic mass is 9.99. The van der Waals surface area contributed by atoms with Gasteiger partial charge in [-0.2, -0.15) is 9.78 Å². The zero-order valence-corrected chi connectivity index (χ0v) is 20.4. The fraction of sp³-hybridized carbons (Fsp3) is 0.280. The first kappa shape index (κ1) is 23.8. The highest BCUT2D eigenvalue weighted by molar-refractivity contribution is 6.29. The van der Waals surface area contributed by atoms with E-state index in [9.17, 15) is 4.79 Å². The maximum Gasteiger partial charge on any atom is 0.435 e. The molecule has 0 saturated carbocycles. The average Bonchev–Trinajstić information content (AvgIpc) is 3.12. The number of hydrogen-bond donors (Lipinski definition) is 1. The molecule has 4 aromatic rings. The first-order valence-electron chi connectivity index (χ1n) is 10.8. The molecule has 0 amide bonds. The van der Waals surface area contributed by atoms with Crippen LogP contribution in [0, 0.1) is 12.7 Å². The van der Waals surface area contributed by atoms with Crippen LogP contribution in [0.25, 0.3) is 33.4 Å². The Hall–Kier alpha value is -3.36. The fourth-order valence-electron chi connectivity index (χ4n) is 3.77. The molecule has 176 valence electrons. The minimum atomic E-state index is -0.708. The maximum absolute atomic E-state index is 15.1. The van der Waals surface area contributed by atoms with Crippen molar-refractivity contribution in [3.05, 3.63) is 64.8 Å². The Morgan fingerprint density at radius 2 is 1.94 bits per heavy atom. The molecular weight excluding hydrogens is 457 g/mol. The van der Waals surface area contributed by atoms with E-state index in [4.69, 9.17) is 16.3 Å². The van der Waals surface area contributed by atoms with Crippen molar-refractivity contribution in [3.8, 4) is 22.5 Å². The molecule has 0 aliphatic heterocycles. The van der Waals surface area contributed by atoms with E-state index in [2.05, 4.69) is 20.4 Å². The Morgan fingerprint density at radius 3 is 2.56 bits per heavy atom. The van der Waals surface area contributed by atoms with Crippen LogP contribution in [-0.4, -0.2) is 38.5 Å². The second kappa shape index (κ2) is 9.12. The Morgan fingerprint density at radius 1 is 1.18 bits per heavy atom. The molecule has 0 spiro atoms. The molecule has 1 aromatic carbocycles. The Bertz CT molecular complexity index is 1350. The van der Waals surface area contributed by atoms with E-state index in [0.29, 0.717) is 45.1 Å². The Kier molecular flexibility index (Phi) is 6.38. The van der Waals surface area contributed by atoms with Crippen LogP contribution in [0.2, 0.25) is 5.15 Å². The molecule has 3 aromatic heterocycles. The Balaban J connectivity index is 1.91. The number of benzene rings is 1. The fourth-order valence-corrected chi connectivity index (χ4v) is 3.88. The number of aromatic nitrogens is 4. The number of carbonyl (C=O) groups excluding carboxylic acids is 1. The van der Waals surface area contributed by atoms with E-state index in [0.717, 1.165) is 11.1 Å².